The standard InChI is InChI=1S/C14H11Br2N3OS/c1-19-13(11-5-6-12(16)20-11)17-18-14(19)21-8-9-3-2-4-10(15)7-9/h2-7H,8H2,1H3. The summed E-state index contributed by atoms with van der Waals surface area (Å²) in [6.07, 6.45) is 0. The van der Waals surface area contributed by atoms with Crippen molar-refractivity contribution in [1.82, 2.24) is 14.8 Å². The Bertz CT molecular complexity index is 769. The van der Waals surface area contributed by atoms with Gasteiger partial charge in [-0.2, -0.15) is 0 Å². The highest BCUT2D eigenvalue weighted by Crippen LogP contribution is 2.28. The van der Waals surface area contributed by atoms with Gasteiger partial charge in [-0.05, 0) is 45.8 Å². The second-order valence-corrected chi connectivity index (χ2v) is 7.03. The Morgan fingerprint density at radius 1 is 1.19 bits per heavy atom. The molecule has 0 radical (unpaired) electrons. The maximum Gasteiger partial charge on any atom is 0.200 e. The topological polar surface area (TPSA) is 43.9 Å². The monoisotopic (exact) mass is 427 g/mol. The van der Waals surface area contributed by atoms with Gasteiger partial charge in [-0.25, -0.2) is 0 Å². The van der Waals surface area contributed by atoms with E-state index in [1.54, 1.807) is 11.8 Å². The van der Waals surface area contributed by atoms with Crippen LogP contribution in [-0.2, 0) is 12.8 Å². The molecule has 0 N–H and O–H groups in total. The van der Waals surface area contributed by atoms with Gasteiger partial charge in [0.1, 0.15) is 0 Å². The molecule has 0 aliphatic heterocycles. The second-order valence-electron chi connectivity index (χ2n) is 4.39. The van der Waals surface area contributed by atoms with Crippen LogP contribution in [0, 0.1) is 0 Å². The molecule has 4 nitrogen and oxygen atoms in total. The van der Waals surface area contributed by atoms with Crippen LogP contribution < -0.4 is 0 Å². The first-order valence-corrected chi connectivity index (χ1v) is 8.73. The summed E-state index contributed by atoms with van der Waals surface area (Å²) in [7, 11) is 1.94. The molecule has 0 saturated heterocycles. The summed E-state index contributed by atoms with van der Waals surface area (Å²) in [6.45, 7) is 0. The van der Waals surface area contributed by atoms with Crippen molar-refractivity contribution in [3.8, 4) is 11.6 Å². The normalized spacial score (nSPS) is 11.0. The lowest BCUT2D eigenvalue weighted by molar-refractivity contribution is 0.547. The first kappa shape index (κ1) is 14.9. The third-order valence-electron chi connectivity index (χ3n) is 2.89. The Morgan fingerprint density at radius 3 is 2.76 bits per heavy atom. The summed E-state index contributed by atoms with van der Waals surface area (Å²) in [5.41, 5.74) is 1.24. The highest BCUT2D eigenvalue weighted by atomic mass is 79.9. The first-order valence-electron chi connectivity index (χ1n) is 6.16. The molecule has 0 aliphatic rings. The van der Waals surface area contributed by atoms with Crippen LogP contribution in [0.4, 0.5) is 0 Å². The number of furan rings is 1. The van der Waals surface area contributed by atoms with Gasteiger partial charge in [-0.15, -0.1) is 10.2 Å². The van der Waals surface area contributed by atoms with E-state index in [9.17, 15) is 0 Å². The maximum atomic E-state index is 5.52. The van der Waals surface area contributed by atoms with E-state index in [1.165, 1.54) is 5.56 Å². The van der Waals surface area contributed by atoms with Gasteiger partial charge in [0.05, 0.1) is 0 Å². The molecule has 2 heterocycles. The van der Waals surface area contributed by atoms with Crippen molar-refractivity contribution >= 4 is 43.6 Å². The van der Waals surface area contributed by atoms with E-state index in [2.05, 4.69) is 54.2 Å². The molecule has 3 aromatic rings. The summed E-state index contributed by atoms with van der Waals surface area (Å²) in [6, 6.07) is 12.0. The van der Waals surface area contributed by atoms with E-state index < -0.39 is 0 Å². The number of benzene rings is 1. The number of hydrogen-bond donors (Lipinski definition) is 0. The zero-order valence-corrected chi connectivity index (χ0v) is 15.1. The van der Waals surface area contributed by atoms with Gasteiger partial charge in [0.2, 0.25) is 0 Å². The largest absolute Gasteiger partial charge is 0.446 e. The van der Waals surface area contributed by atoms with E-state index in [4.69, 9.17) is 4.42 Å². The van der Waals surface area contributed by atoms with Crippen molar-refractivity contribution < 1.29 is 4.42 Å². The zero-order valence-electron chi connectivity index (χ0n) is 11.1. The van der Waals surface area contributed by atoms with Crippen molar-refractivity contribution in [3.05, 3.63) is 51.1 Å². The van der Waals surface area contributed by atoms with Crippen LogP contribution in [0.1, 0.15) is 5.56 Å². The average molecular weight is 429 g/mol. The van der Waals surface area contributed by atoms with Crippen molar-refractivity contribution in [2.75, 3.05) is 0 Å². The summed E-state index contributed by atoms with van der Waals surface area (Å²) in [5.74, 6) is 2.26. The molecular formula is C14H11Br2N3OS. The summed E-state index contributed by atoms with van der Waals surface area (Å²) in [4.78, 5) is 0. The number of rotatable bonds is 4. The Balaban J connectivity index is 1.77. The molecule has 0 unspecified atom stereocenters. The van der Waals surface area contributed by atoms with Gasteiger partial charge in [0.15, 0.2) is 21.4 Å². The second kappa shape index (κ2) is 6.37. The third-order valence-corrected chi connectivity index (χ3v) is 4.90. The third kappa shape index (κ3) is 3.41. The van der Waals surface area contributed by atoms with Gasteiger partial charge in [-0.3, -0.25) is 0 Å². The average Bonchev–Trinajstić information content (AvgIpc) is 3.03. The Morgan fingerprint density at radius 2 is 2.05 bits per heavy atom. The molecule has 2 aromatic heterocycles. The SMILES string of the molecule is Cn1c(SCc2cccc(Br)c2)nnc1-c1ccc(Br)o1. The van der Waals surface area contributed by atoms with Crippen LogP contribution in [0.2, 0.25) is 0 Å². The minimum Gasteiger partial charge on any atom is -0.446 e. The van der Waals surface area contributed by atoms with E-state index >= 15 is 0 Å². The lowest BCUT2D eigenvalue weighted by Gasteiger charge is -2.03. The molecule has 0 fully saturated rings. The van der Waals surface area contributed by atoms with Crippen LogP contribution in [0.25, 0.3) is 11.6 Å². The number of hydrogen-bond acceptors (Lipinski definition) is 4. The predicted octanol–water partition coefficient (Wildman–Crippen LogP) is 4.89. The molecule has 0 aliphatic carbocycles. The number of halogens is 2. The Hall–Kier alpha value is -1.05. The summed E-state index contributed by atoms with van der Waals surface area (Å²) >= 11 is 8.42. The van der Waals surface area contributed by atoms with Gasteiger partial charge < -0.3 is 8.98 Å². The minimum absolute atomic E-state index is 0.684. The van der Waals surface area contributed by atoms with Crippen molar-refractivity contribution in [1.29, 1.82) is 0 Å². The molecule has 0 atom stereocenters. The van der Waals surface area contributed by atoms with Crippen molar-refractivity contribution in [3.63, 3.8) is 0 Å². The van der Waals surface area contributed by atoms with Crippen molar-refractivity contribution in [2.45, 2.75) is 10.9 Å². The Kier molecular flexibility index (Phi) is 4.51. The summed E-state index contributed by atoms with van der Waals surface area (Å²) < 4.78 is 9.23. The zero-order chi connectivity index (χ0) is 14.8. The molecular weight excluding hydrogens is 418 g/mol. The predicted molar refractivity (Wildman–Crippen MR) is 90.1 cm³/mol. The lowest BCUT2D eigenvalue weighted by Crippen LogP contribution is -1.94. The molecule has 0 spiro atoms. The van der Waals surface area contributed by atoms with E-state index in [0.29, 0.717) is 10.4 Å². The maximum absolute atomic E-state index is 5.52. The van der Waals surface area contributed by atoms with Gasteiger partial charge >= 0.3 is 0 Å². The molecule has 0 bridgehead atoms. The van der Waals surface area contributed by atoms with Crippen LogP contribution >= 0.6 is 43.6 Å². The fourth-order valence-corrected chi connectivity index (χ4v) is 3.47. The lowest BCUT2D eigenvalue weighted by atomic mass is 10.2. The fourth-order valence-electron chi connectivity index (χ4n) is 1.86. The van der Waals surface area contributed by atoms with Crippen molar-refractivity contribution in [2.24, 2.45) is 7.05 Å². The highest BCUT2D eigenvalue weighted by molar-refractivity contribution is 9.10. The van der Waals surface area contributed by atoms with Crippen LogP contribution in [-0.4, -0.2) is 14.8 Å². The van der Waals surface area contributed by atoms with E-state index in [-0.39, 0.29) is 0 Å². The van der Waals surface area contributed by atoms with Crippen LogP contribution in [0.5, 0.6) is 0 Å². The Labute approximate surface area is 143 Å². The van der Waals surface area contributed by atoms with Gasteiger partial charge in [0, 0.05) is 17.3 Å². The molecule has 0 amide bonds. The quantitative estimate of drug-likeness (QED) is 0.554. The summed E-state index contributed by atoms with van der Waals surface area (Å²) in [5, 5.41) is 9.28. The first-order chi connectivity index (χ1) is 10.1. The van der Waals surface area contributed by atoms with Crippen LogP contribution in [0.15, 0.2) is 55.1 Å². The smallest absolute Gasteiger partial charge is 0.200 e. The van der Waals surface area contributed by atoms with Gasteiger partial charge in [0.25, 0.3) is 0 Å². The number of aromatic nitrogens is 3. The number of nitrogens with zero attached hydrogens (tertiary/aromatic N) is 3. The molecule has 108 valence electrons. The van der Waals surface area contributed by atoms with E-state index in [0.717, 1.165) is 21.2 Å². The van der Waals surface area contributed by atoms with E-state index in [1.807, 2.05) is 35.9 Å². The molecule has 0 saturated carbocycles. The van der Waals surface area contributed by atoms with Gasteiger partial charge in [-0.1, -0.05) is 39.8 Å². The molecule has 1 aromatic carbocycles. The minimum atomic E-state index is 0.684. The fraction of sp³-hybridized carbons (Fsp3) is 0.143. The molecule has 21 heavy (non-hydrogen) atoms. The number of thioether (sulfide) groups is 1. The molecule has 3 rings (SSSR count). The van der Waals surface area contributed by atoms with Crippen LogP contribution in [0.3, 0.4) is 0 Å². The highest BCUT2D eigenvalue weighted by Gasteiger charge is 2.14. The molecule has 7 heteroatoms.